The second-order valence-corrected chi connectivity index (χ2v) is 2.60. The second kappa shape index (κ2) is 2.43. The van der Waals surface area contributed by atoms with E-state index in [0.29, 0.717) is 6.54 Å². The minimum Gasteiger partial charge on any atom is -0.385 e. The van der Waals surface area contributed by atoms with Crippen LogP contribution in [0.2, 0.25) is 0 Å². The highest BCUT2D eigenvalue weighted by Crippen LogP contribution is 2.26. The summed E-state index contributed by atoms with van der Waals surface area (Å²) in [6.45, 7) is 2.18. The van der Waals surface area contributed by atoms with Crippen molar-refractivity contribution in [2.24, 2.45) is 0 Å². The summed E-state index contributed by atoms with van der Waals surface area (Å²) < 4.78 is 25.0. The first-order chi connectivity index (χ1) is 4.56. The van der Waals surface area contributed by atoms with E-state index < -0.39 is 12.0 Å². The van der Waals surface area contributed by atoms with Gasteiger partial charge in [0.05, 0.1) is 6.54 Å². The monoisotopic (exact) mass is 151 g/mol. The summed E-state index contributed by atoms with van der Waals surface area (Å²) in [7, 11) is 0. The zero-order chi connectivity index (χ0) is 7.78. The Bertz CT molecular complexity index is 129. The van der Waals surface area contributed by atoms with Crippen molar-refractivity contribution in [1.82, 2.24) is 4.90 Å². The van der Waals surface area contributed by atoms with Crippen molar-refractivity contribution in [3.63, 3.8) is 0 Å². The third-order valence-corrected chi connectivity index (χ3v) is 1.80. The highest BCUT2D eigenvalue weighted by molar-refractivity contribution is 4.89. The topological polar surface area (TPSA) is 23.5 Å². The quantitative estimate of drug-likeness (QED) is 0.583. The zero-order valence-corrected chi connectivity index (χ0v) is 5.85. The Kier molecular flexibility index (Phi) is 1.92. The van der Waals surface area contributed by atoms with Crippen molar-refractivity contribution in [2.45, 2.75) is 19.0 Å². The van der Waals surface area contributed by atoms with Gasteiger partial charge in [0.25, 0.3) is 5.92 Å². The molecule has 4 heteroatoms. The van der Waals surface area contributed by atoms with Crippen LogP contribution in [-0.2, 0) is 0 Å². The first-order valence-electron chi connectivity index (χ1n) is 3.34. The lowest BCUT2D eigenvalue weighted by atomic mass is 10.2. The van der Waals surface area contributed by atoms with Crippen LogP contribution in [0, 0.1) is 0 Å². The van der Waals surface area contributed by atoms with Crippen molar-refractivity contribution >= 4 is 0 Å². The first kappa shape index (κ1) is 7.88. The molecule has 0 radical (unpaired) electrons. The van der Waals surface area contributed by atoms with E-state index in [1.54, 1.807) is 6.92 Å². The van der Waals surface area contributed by atoms with Gasteiger partial charge < -0.3 is 5.11 Å². The van der Waals surface area contributed by atoms with E-state index in [9.17, 15) is 8.78 Å². The molecule has 1 aliphatic heterocycles. The first-order valence-corrected chi connectivity index (χ1v) is 3.34. The fourth-order valence-electron chi connectivity index (χ4n) is 1.09. The Balaban J connectivity index is 2.53. The Labute approximate surface area is 58.4 Å². The molecule has 0 saturated carbocycles. The van der Waals surface area contributed by atoms with Gasteiger partial charge >= 0.3 is 0 Å². The fraction of sp³-hybridized carbons (Fsp3) is 1.00. The van der Waals surface area contributed by atoms with E-state index in [1.165, 1.54) is 4.90 Å². The summed E-state index contributed by atoms with van der Waals surface area (Å²) in [6, 6.07) is 0. The van der Waals surface area contributed by atoms with Crippen LogP contribution in [0.5, 0.6) is 0 Å². The number of halogens is 2. The average molecular weight is 151 g/mol. The Hall–Kier alpha value is -0.220. The number of hydrogen-bond acceptors (Lipinski definition) is 2. The van der Waals surface area contributed by atoms with E-state index in [1.807, 2.05) is 0 Å². The second-order valence-electron chi connectivity index (χ2n) is 2.60. The molecule has 0 aromatic rings. The molecule has 1 aliphatic rings. The van der Waals surface area contributed by atoms with Crippen LogP contribution in [0.4, 0.5) is 8.78 Å². The van der Waals surface area contributed by atoms with E-state index >= 15 is 0 Å². The molecule has 1 fully saturated rings. The van der Waals surface area contributed by atoms with E-state index in [4.69, 9.17) is 5.11 Å². The van der Waals surface area contributed by atoms with E-state index in [0.717, 1.165) is 0 Å². The van der Waals surface area contributed by atoms with Crippen LogP contribution < -0.4 is 0 Å². The van der Waals surface area contributed by atoms with Crippen molar-refractivity contribution in [1.29, 1.82) is 0 Å². The molecule has 0 bridgehead atoms. The maximum Gasteiger partial charge on any atom is 0.287 e. The number of nitrogens with zero attached hydrogens (tertiary/aromatic N) is 1. The number of β-amino-alcohol motifs (C(OH)–C–C–N with tert-alkyl or cyclic N) is 1. The molecule has 0 unspecified atom stereocenters. The SMILES string of the molecule is CCN1C[C@H](O)C(F)(F)C1. The van der Waals surface area contributed by atoms with Gasteiger partial charge in [0.15, 0.2) is 0 Å². The molecule has 0 aliphatic carbocycles. The number of aliphatic hydroxyl groups is 1. The van der Waals surface area contributed by atoms with Crippen LogP contribution in [0.15, 0.2) is 0 Å². The summed E-state index contributed by atoms with van der Waals surface area (Å²) in [5.74, 6) is -2.89. The lowest BCUT2D eigenvalue weighted by Gasteiger charge is -2.11. The predicted octanol–water partition coefficient (Wildman–Crippen LogP) is 0.318. The average Bonchev–Trinajstić information content (AvgIpc) is 2.08. The summed E-state index contributed by atoms with van der Waals surface area (Å²) in [6.07, 6.45) is -1.47. The lowest BCUT2D eigenvalue weighted by Crippen LogP contribution is -2.31. The van der Waals surface area contributed by atoms with Gasteiger partial charge in [-0.1, -0.05) is 6.92 Å². The molecule has 2 nitrogen and oxygen atoms in total. The standard InChI is InChI=1S/C6H11F2NO/c1-2-9-3-5(10)6(7,8)4-9/h5,10H,2-4H2,1H3/t5-/m0/s1. The van der Waals surface area contributed by atoms with Crippen LogP contribution in [0.3, 0.4) is 0 Å². The number of rotatable bonds is 1. The molecule has 1 heterocycles. The van der Waals surface area contributed by atoms with Crippen LogP contribution in [0.1, 0.15) is 6.92 Å². The van der Waals surface area contributed by atoms with Gasteiger partial charge in [0.1, 0.15) is 6.10 Å². The molecule has 1 saturated heterocycles. The van der Waals surface area contributed by atoms with E-state index in [-0.39, 0.29) is 13.1 Å². The Morgan fingerprint density at radius 3 is 2.50 bits per heavy atom. The molecule has 10 heavy (non-hydrogen) atoms. The van der Waals surface area contributed by atoms with Crippen molar-refractivity contribution in [3.8, 4) is 0 Å². The summed E-state index contributed by atoms with van der Waals surface area (Å²) in [5.41, 5.74) is 0. The van der Waals surface area contributed by atoms with Crippen molar-refractivity contribution < 1.29 is 13.9 Å². The summed E-state index contributed by atoms with van der Waals surface area (Å²) in [5, 5.41) is 8.77. The molecule has 0 aromatic carbocycles. The minimum absolute atomic E-state index is 0.101. The summed E-state index contributed by atoms with van der Waals surface area (Å²) >= 11 is 0. The maximum absolute atomic E-state index is 12.5. The molecular weight excluding hydrogens is 140 g/mol. The Morgan fingerprint density at radius 2 is 2.30 bits per heavy atom. The largest absolute Gasteiger partial charge is 0.385 e. The molecule has 60 valence electrons. The molecule has 0 spiro atoms. The number of hydrogen-bond donors (Lipinski definition) is 1. The highest BCUT2D eigenvalue weighted by Gasteiger charge is 2.46. The predicted molar refractivity (Wildman–Crippen MR) is 33.1 cm³/mol. The van der Waals surface area contributed by atoms with Gasteiger partial charge in [-0.3, -0.25) is 4.90 Å². The molecule has 0 amide bonds. The number of likely N-dealkylation sites (N-methyl/N-ethyl adjacent to an activating group) is 1. The van der Waals surface area contributed by atoms with Gasteiger partial charge in [-0.25, -0.2) is 8.78 Å². The van der Waals surface area contributed by atoms with Gasteiger partial charge in [0.2, 0.25) is 0 Å². The van der Waals surface area contributed by atoms with Gasteiger partial charge in [-0.15, -0.1) is 0 Å². The fourth-order valence-corrected chi connectivity index (χ4v) is 1.09. The number of alkyl halides is 2. The van der Waals surface area contributed by atoms with Crippen LogP contribution >= 0.6 is 0 Å². The summed E-state index contributed by atoms with van der Waals surface area (Å²) in [4.78, 5) is 1.53. The minimum atomic E-state index is -2.89. The maximum atomic E-state index is 12.5. The highest BCUT2D eigenvalue weighted by atomic mass is 19.3. The lowest BCUT2D eigenvalue weighted by molar-refractivity contribution is -0.0730. The van der Waals surface area contributed by atoms with Gasteiger partial charge in [0, 0.05) is 6.54 Å². The van der Waals surface area contributed by atoms with Gasteiger partial charge in [-0.05, 0) is 6.54 Å². The zero-order valence-electron chi connectivity index (χ0n) is 5.85. The van der Waals surface area contributed by atoms with Gasteiger partial charge in [-0.2, -0.15) is 0 Å². The normalized spacial score (nSPS) is 33.0. The van der Waals surface area contributed by atoms with E-state index in [2.05, 4.69) is 0 Å². The Morgan fingerprint density at radius 1 is 1.70 bits per heavy atom. The van der Waals surface area contributed by atoms with Crippen LogP contribution in [-0.4, -0.2) is 41.7 Å². The molecular formula is C6H11F2NO. The molecule has 1 rings (SSSR count). The number of aliphatic hydroxyl groups excluding tert-OH is 1. The molecule has 1 N–H and O–H groups in total. The molecule has 0 aromatic heterocycles. The third kappa shape index (κ3) is 1.27. The third-order valence-electron chi connectivity index (χ3n) is 1.80. The van der Waals surface area contributed by atoms with Crippen LogP contribution in [0.25, 0.3) is 0 Å². The number of likely N-dealkylation sites (tertiary alicyclic amines) is 1. The molecule has 1 atom stereocenters. The van der Waals surface area contributed by atoms with Crippen molar-refractivity contribution in [3.05, 3.63) is 0 Å². The van der Waals surface area contributed by atoms with Crippen molar-refractivity contribution in [2.75, 3.05) is 19.6 Å². The smallest absolute Gasteiger partial charge is 0.287 e.